The van der Waals surface area contributed by atoms with Gasteiger partial charge >= 0.3 is 0 Å². The monoisotopic (exact) mass is 273 g/mol. The van der Waals surface area contributed by atoms with Crippen molar-refractivity contribution < 1.29 is 9.84 Å². The molecule has 102 valence electrons. The topological polar surface area (TPSA) is 58.5 Å². The summed E-state index contributed by atoms with van der Waals surface area (Å²) < 4.78 is 5.27. The average molecular weight is 274 g/mol. The summed E-state index contributed by atoms with van der Waals surface area (Å²) in [5, 5.41) is 9.73. The van der Waals surface area contributed by atoms with E-state index >= 15 is 0 Å². The zero-order valence-electron chi connectivity index (χ0n) is 11.3. The van der Waals surface area contributed by atoms with Crippen LogP contribution in [-0.2, 0) is 11.3 Å². The van der Waals surface area contributed by atoms with Gasteiger partial charge in [0.15, 0.2) is 5.82 Å². The van der Waals surface area contributed by atoms with Crippen molar-refractivity contribution in [3.63, 3.8) is 0 Å². The first-order valence-electron chi connectivity index (χ1n) is 5.86. The molecule has 0 aliphatic carbocycles. The third-order valence-corrected chi connectivity index (χ3v) is 3.00. The van der Waals surface area contributed by atoms with Crippen molar-refractivity contribution in [2.24, 2.45) is 0 Å². The van der Waals surface area contributed by atoms with Gasteiger partial charge in [0.05, 0.1) is 12.1 Å². The van der Waals surface area contributed by atoms with Gasteiger partial charge in [0, 0.05) is 19.7 Å². The molecule has 0 spiro atoms. The third-order valence-electron chi connectivity index (χ3n) is 2.80. The van der Waals surface area contributed by atoms with Crippen molar-refractivity contribution in [3.05, 3.63) is 17.0 Å². The summed E-state index contributed by atoms with van der Waals surface area (Å²) in [7, 11) is 1.86. The van der Waals surface area contributed by atoms with Crippen LogP contribution in [0.3, 0.4) is 0 Å². The first kappa shape index (κ1) is 15.1. The smallest absolute Gasteiger partial charge is 0.158 e. The number of aliphatic hydroxyl groups is 1. The van der Waals surface area contributed by atoms with E-state index in [-0.39, 0.29) is 6.61 Å². The fourth-order valence-corrected chi connectivity index (χ4v) is 1.49. The van der Waals surface area contributed by atoms with Crippen molar-refractivity contribution in [2.45, 2.75) is 32.9 Å². The highest BCUT2D eigenvalue weighted by atomic mass is 35.5. The van der Waals surface area contributed by atoms with Crippen molar-refractivity contribution in [1.82, 2.24) is 9.97 Å². The molecule has 0 saturated heterocycles. The van der Waals surface area contributed by atoms with Crippen molar-refractivity contribution in [2.75, 3.05) is 25.2 Å². The second kappa shape index (κ2) is 6.31. The maximum atomic E-state index is 9.36. The van der Waals surface area contributed by atoms with Crippen LogP contribution >= 0.6 is 11.6 Å². The number of nitrogens with zero attached hydrogens (tertiary/aromatic N) is 3. The zero-order chi connectivity index (χ0) is 13.8. The Morgan fingerprint density at radius 1 is 1.44 bits per heavy atom. The van der Waals surface area contributed by atoms with Crippen LogP contribution in [0.5, 0.6) is 0 Å². The lowest BCUT2D eigenvalue weighted by atomic mass is 10.1. The molecule has 0 aliphatic heterocycles. The lowest BCUT2D eigenvalue weighted by molar-refractivity contribution is 0.128. The molecule has 1 N–H and O–H groups in total. The Labute approximate surface area is 113 Å². The summed E-state index contributed by atoms with van der Waals surface area (Å²) in [4.78, 5) is 10.4. The summed E-state index contributed by atoms with van der Waals surface area (Å²) in [6, 6.07) is 1.68. The molecule has 1 rings (SSSR count). The molecule has 5 nitrogen and oxygen atoms in total. The van der Waals surface area contributed by atoms with Crippen molar-refractivity contribution in [3.8, 4) is 0 Å². The van der Waals surface area contributed by atoms with Gasteiger partial charge in [-0.15, -0.1) is 0 Å². The van der Waals surface area contributed by atoms with E-state index in [2.05, 4.69) is 9.97 Å². The summed E-state index contributed by atoms with van der Waals surface area (Å²) in [5.74, 6) is 1.21. The molecular formula is C12H20ClN3O2. The minimum atomic E-state index is -0.416. The maximum absolute atomic E-state index is 9.36. The number of hydrogen-bond donors (Lipinski definition) is 1. The molecule has 0 atom stereocenters. The highest BCUT2D eigenvalue weighted by molar-refractivity contribution is 6.29. The Bertz CT molecular complexity index is 399. The summed E-state index contributed by atoms with van der Waals surface area (Å²) in [6.07, 6.45) is 0. The number of likely N-dealkylation sites (N-methyl/N-ethyl adjacent to an activating group) is 1. The standard InChI is InChI=1S/C12H20ClN3O2/c1-5-18-7-10-14-9(13)6-11(15-10)16(4)12(2,3)8-17/h6,17H,5,7-8H2,1-4H3. The minimum Gasteiger partial charge on any atom is -0.394 e. The molecular weight excluding hydrogens is 254 g/mol. The summed E-state index contributed by atoms with van der Waals surface area (Å²) >= 11 is 5.97. The van der Waals surface area contributed by atoms with E-state index in [0.29, 0.717) is 30.0 Å². The molecule has 0 aromatic carbocycles. The van der Waals surface area contributed by atoms with E-state index in [4.69, 9.17) is 16.3 Å². The Kier molecular flexibility index (Phi) is 5.31. The van der Waals surface area contributed by atoms with Gasteiger partial charge in [-0.2, -0.15) is 0 Å². The molecule has 1 aromatic rings. The van der Waals surface area contributed by atoms with Crippen LogP contribution in [0.25, 0.3) is 0 Å². The largest absolute Gasteiger partial charge is 0.394 e. The summed E-state index contributed by atoms with van der Waals surface area (Å²) in [5.41, 5.74) is -0.416. The lowest BCUT2D eigenvalue weighted by Crippen LogP contribution is -2.45. The van der Waals surface area contributed by atoms with Crippen molar-refractivity contribution in [1.29, 1.82) is 0 Å². The van der Waals surface area contributed by atoms with Gasteiger partial charge in [-0.25, -0.2) is 9.97 Å². The molecule has 6 heteroatoms. The fourth-order valence-electron chi connectivity index (χ4n) is 1.30. The van der Waals surface area contributed by atoms with Gasteiger partial charge in [-0.1, -0.05) is 11.6 Å². The summed E-state index contributed by atoms with van der Waals surface area (Å²) in [6.45, 7) is 6.70. The molecule has 0 radical (unpaired) electrons. The Hall–Kier alpha value is -0.910. The Morgan fingerprint density at radius 2 is 2.11 bits per heavy atom. The second-order valence-corrected chi connectivity index (χ2v) is 5.02. The number of ether oxygens (including phenoxy) is 1. The van der Waals surface area contributed by atoms with Crippen LogP contribution in [0.1, 0.15) is 26.6 Å². The number of halogens is 1. The number of aromatic nitrogens is 2. The SMILES string of the molecule is CCOCc1nc(Cl)cc(N(C)C(C)(C)CO)n1. The number of aliphatic hydroxyl groups excluding tert-OH is 1. The van der Waals surface area contributed by atoms with E-state index < -0.39 is 5.54 Å². The molecule has 0 amide bonds. The van der Waals surface area contributed by atoms with Crippen LogP contribution in [0.4, 0.5) is 5.82 Å². The fraction of sp³-hybridized carbons (Fsp3) is 0.667. The van der Waals surface area contributed by atoms with E-state index in [0.717, 1.165) is 0 Å². The highest BCUT2D eigenvalue weighted by Gasteiger charge is 2.24. The molecule has 0 unspecified atom stereocenters. The maximum Gasteiger partial charge on any atom is 0.158 e. The number of rotatable bonds is 6. The molecule has 0 saturated carbocycles. The van der Waals surface area contributed by atoms with Crippen molar-refractivity contribution >= 4 is 17.4 Å². The average Bonchev–Trinajstić information content (AvgIpc) is 2.34. The first-order valence-corrected chi connectivity index (χ1v) is 6.24. The molecule has 0 bridgehead atoms. The lowest BCUT2D eigenvalue weighted by Gasteiger charge is -2.35. The molecule has 1 heterocycles. The Morgan fingerprint density at radius 3 is 2.67 bits per heavy atom. The molecule has 0 aliphatic rings. The second-order valence-electron chi connectivity index (χ2n) is 4.63. The quantitative estimate of drug-likeness (QED) is 0.802. The van der Waals surface area contributed by atoms with Gasteiger partial charge in [-0.05, 0) is 20.8 Å². The van der Waals surface area contributed by atoms with E-state index in [1.165, 1.54) is 0 Å². The van der Waals surface area contributed by atoms with Gasteiger partial charge in [-0.3, -0.25) is 0 Å². The van der Waals surface area contributed by atoms with Gasteiger partial charge in [0.2, 0.25) is 0 Å². The van der Waals surface area contributed by atoms with Crippen LogP contribution < -0.4 is 4.90 Å². The Balaban J connectivity index is 2.98. The number of hydrogen-bond acceptors (Lipinski definition) is 5. The van der Waals surface area contributed by atoms with E-state index in [1.807, 2.05) is 32.7 Å². The van der Waals surface area contributed by atoms with Gasteiger partial charge in [0.1, 0.15) is 17.6 Å². The van der Waals surface area contributed by atoms with Crippen LogP contribution in [0, 0.1) is 0 Å². The van der Waals surface area contributed by atoms with Gasteiger partial charge in [0.25, 0.3) is 0 Å². The predicted octanol–water partition coefficient (Wildman–Crippen LogP) is 1.87. The first-order chi connectivity index (χ1) is 8.40. The van der Waals surface area contributed by atoms with Crippen LogP contribution in [0.2, 0.25) is 5.15 Å². The molecule has 1 aromatic heterocycles. The number of anilines is 1. The van der Waals surface area contributed by atoms with Crippen LogP contribution in [0.15, 0.2) is 6.07 Å². The zero-order valence-corrected chi connectivity index (χ0v) is 12.0. The minimum absolute atomic E-state index is 0.0198. The van der Waals surface area contributed by atoms with E-state index in [9.17, 15) is 5.11 Å². The molecule has 18 heavy (non-hydrogen) atoms. The van der Waals surface area contributed by atoms with E-state index in [1.54, 1.807) is 6.07 Å². The van der Waals surface area contributed by atoms with Gasteiger partial charge < -0.3 is 14.7 Å². The highest BCUT2D eigenvalue weighted by Crippen LogP contribution is 2.22. The molecule has 0 fully saturated rings. The van der Waals surface area contributed by atoms with Crippen LogP contribution in [-0.4, -0.2) is 40.9 Å². The predicted molar refractivity (Wildman–Crippen MR) is 71.9 cm³/mol. The third kappa shape index (κ3) is 3.80. The normalized spacial score (nSPS) is 11.7.